The molecule has 0 radical (unpaired) electrons. The topological polar surface area (TPSA) is 58.6 Å². The number of hydrogen-bond acceptors (Lipinski definition) is 3. The van der Waals surface area contributed by atoms with Crippen LogP contribution in [0.2, 0.25) is 0 Å². The molecule has 1 saturated heterocycles. The zero-order valence-corrected chi connectivity index (χ0v) is 14.6. The summed E-state index contributed by atoms with van der Waals surface area (Å²) >= 11 is 0. The number of hydrogen-bond donors (Lipinski definition) is 1. The molecule has 2 aliphatic rings. The molecule has 0 bridgehead atoms. The number of ether oxygens (including phenoxy) is 1. The molecule has 0 spiro atoms. The van der Waals surface area contributed by atoms with Crippen LogP contribution in [0, 0.1) is 11.8 Å². The second-order valence-electron chi connectivity index (χ2n) is 8.33. The van der Waals surface area contributed by atoms with E-state index in [1.54, 1.807) is 4.90 Å². The van der Waals surface area contributed by atoms with Crippen molar-refractivity contribution < 1.29 is 14.3 Å². The van der Waals surface area contributed by atoms with Gasteiger partial charge in [-0.25, -0.2) is 4.79 Å². The molecule has 126 valence electrons. The Bertz CT molecular complexity index is 430. The van der Waals surface area contributed by atoms with E-state index in [0.717, 1.165) is 6.42 Å². The fourth-order valence-corrected chi connectivity index (χ4v) is 2.89. The van der Waals surface area contributed by atoms with Crippen molar-refractivity contribution in [2.24, 2.45) is 11.8 Å². The second kappa shape index (κ2) is 6.09. The summed E-state index contributed by atoms with van der Waals surface area (Å²) in [6.07, 6.45) is 3.58. The molecule has 1 heterocycles. The molecule has 0 aromatic carbocycles. The van der Waals surface area contributed by atoms with E-state index >= 15 is 0 Å². The Hall–Kier alpha value is -1.26. The summed E-state index contributed by atoms with van der Waals surface area (Å²) in [6.45, 7) is 11.2. The molecule has 1 saturated carbocycles. The number of likely N-dealkylation sites (tertiary alicyclic amines) is 1. The molecule has 1 aliphatic heterocycles. The number of nitrogens with zero attached hydrogens (tertiary/aromatic N) is 1. The average molecular weight is 310 g/mol. The third-order valence-electron chi connectivity index (χ3n) is 4.45. The van der Waals surface area contributed by atoms with E-state index in [2.05, 4.69) is 19.2 Å². The molecule has 1 aliphatic carbocycles. The Balaban J connectivity index is 1.62. The van der Waals surface area contributed by atoms with Crippen LogP contribution in [-0.2, 0) is 9.53 Å². The molecule has 5 heteroatoms. The number of rotatable bonds is 5. The van der Waals surface area contributed by atoms with Gasteiger partial charge >= 0.3 is 6.09 Å². The fraction of sp³-hybridized carbons (Fsp3) is 0.882. The summed E-state index contributed by atoms with van der Waals surface area (Å²) in [4.78, 5) is 25.6. The highest BCUT2D eigenvalue weighted by Gasteiger charge is 2.39. The maximum atomic E-state index is 12.0. The molecular weight excluding hydrogens is 280 g/mol. The minimum absolute atomic E-state index is 0.0702. The third kappa shape index (κ3) is 4.89. The fourth-order valence-electron chi connectivity index (χ4n) is 2.89. The van der Waals surface area contributed by atoms with Gasteiger partial charge in [-0.1, -0.05) is 0 Å². The van der Waals surface area contributed by atoms with Crippen molar-refractivity contribution in [1.29, 1.82) is 0 Å². The molecule has 0 unspecified atom stereocenters. The van der Waals surface area contributed by atoms with Gasteiger partial charge in [0.05, 0.1) is 0 Å². The number of carbonyl (C=O) groups excluding carboxylic acids is 2. The van der Waals surface area contributed by atoms with Gasteiger partial charge < -0.3 is 15.0 Å². The molecule has 0 atom stereocenters. The van der Waals surface area contributed by atoms with Crippen LogP contribution < -0.4 is 5.32 Å². The highest BCUT2D eigenvalue weighted by atomic mass is 16.6. The van der Waals surface area contributed by atoms with Crippen molar-refractivity contribution >= 4 is 12.0 Å². The van der Waals surface area contributed by atoms with Gasteiger partial charge in [0.2, 0.25) is 5.91 Å². The zero-order chi connectivity index (χ0) is 16.5. The van der Waals surface area contributed by atoms with E-state index in [4.69, 9.17) is 4.74 Å². The first-order chi connectivity index (χ1) is 10.1. The minimum atomic E-state index is -0.448. The van der Waals surface area contributed by atoms with Crippen LogP contribution in [0.1, 0.15) is 60.3 Å². The summed E-state index contributed by atoms with van der Waals surface area (Å²) in [5.41, 5.74) is -0.518. The van der Waals surface area contributed by atoms with Crippen LogP contribution >= 0.6 is 0 Å². The molecular formula is C17H30N2O3. The van der Waals surface area contributed by atoms with Gasteiger partial charge in [0, 0.05) is 25.0 Å². The molecule has 22 heavy (non-hydrogen) atoms. The maximum absolute atomic E-state index is 12.0. The van der Waals surface area contributed by atoms with E-state index in [9.17, 15) is 9.59 Å². The summed E-state index contributed by atoms with van der Waals surface area (Å²) in [5, 5.41) is 3.14. The van der Waals surface area contributed by atoms with E-state index in [0.29, 0.717) is 31.3 Å². The van der Waals surface area contributed by atoms with E-state index in [-0.39, 0.29) is 17.5 Å². The Morgan fingerprint density at radius 1 is 1.14 bits per heavy atom. The minimum Gasteiger partial charge on any atom is -0.444 e. The van der Waals surface area contributed by atoms with E-state index in [1.165, 1.54) is 12.8 Å². The van der Waals surface area contributed by atoms with Crippen molar-refractivity contribution in [3.8, 4) is 0 Å². The monoisotopic (exact) mass is 310 g/mol. The van der Waals surface area contributed by atoms with Crippen LogP contribution in [0.3, 0.4) is 0 Å². The summed E-state index contributed by atoms with van der Waals surface area (Å²) in [5.74, 6) is 1.19. The second-order valence-corrected chi connectivity index (χ2v) is 8.33. The van der Waals surface area contributed by atoms with Crippen LogP contribution in [0.4, 0.5) is 4.79 Å². The first-order valence-corrected chi connectivity index (χ1v) is 8.36. The van der Waals surface area contributed by atoms with Crippen LogP contribution in [0.5, 0.6) is 0 Å². The predicted octanol–water partition coefficient (Wildman–Crippen LogP) is 2.94. The summed E-state index contributed by atoms with van der Waals surface area (Å²) in [6, 6.07) is 0. The molecule has 2 fully saturated rings. The zero-order valence-electron chi connectivity index (χ0n) is 14.6. The number of amides is 2. The average Bonchev–Trinajstić information content (AvgIpc) is 3.06. The van der Waals surface area contributed by atoms with Gasteiger partial charge in [0.25, 0.3) is 0 Å². The van der Waals surface area contributed by atoms with Crippen molar-refractivity contribution in [2.45, 2.75) is 71.4 Å². The third-order valence-corrected chi connectivity index (χ3v) is 4.45. The Kier molecular flexibility index (Phi) is 4.73. The lowest BCUT2D eigenvalue weighted by atomic mass is 9.94. The quantitative estimate of drug-likeness (QED) is 0.849. The van der Waals surface area contributed by atoms with Crippen LogP contribution in [0.15, 0.2) is 0 Å². The lowest BCUT2D eigenvalue weighted by Crippen LogP contribution is -2.52. The Labute approximate surface area is 133 Å². The molecule has 5 nitrogen and oxygen atoms in total. The summed E-state index contributed by atoms with van der Waals surface area (Å²) in [7, 11) is 0. The predicted molar refractivity (Wildman–Crippen MR) is 85.5 cm³/mol. The van der Waals surface area contributed by atoms with Gasteiger partial charge in [-0.15, -0.1) is 0 Å². The Morgan fingerprint density at radius 3 is 2.23 bits per heavy atom. The first-order valence-electron chi connectivity index (χ1n) is 8.36. The van der Waals surface area contributed by atoms with Gasteiger partial charge in [-0.05, 0) is 65.7 Å². The van der Waals surface area contributed by atoms with Crippen LogP contribution in [-0.4, -0.2) is 41.1 Å². The normalized spacial score (nSPS) is 19.6. The highest BCUT2D eigenvalue weighted by Crippen LogP contribution is 2.39. The largest absolute Gasteiger partial charge is 0.444 e. The van der Waals surface area contributed by atoms with Gasteiger partial charge in [-0.2, -0.15) is 0 Å². The number of nitrogens with one attached hydrogen (secondary N) is 1. The van der Waals surface area contributed by atoms with E-state index in [1.807, 2.05) is 20.8 Å². The van der Waals surface area contributed by atoms with Crippen molar-refractivity contribution in [3.05, 3.63) is 0 Å². The molecule has 2 rings (SSSR count). The van der Waals surface area contributed by atoms with Gasteiger partial charge in [-0.3, -0.25) is 4.79 Å². The van der Waals surface area contributed by atoms with Crippen molar-refractivity contribution in [3.63, 3.8) is 0 Å². The maximum Gasteiger partial charge on any atom is 0.410 e. The standard InChI is InChI=1S/C17H30N2O3/c1-16(2,3)22-15(21)19-10-12(11-19)6-9-14(20)18-17(4,5)13-7-8-13/h12-13H,6-11H2,1-5H3,(H,18,20). The molecule has 0 aromatic heterocycles. The van der Waals surface area contributed by atoms with Gasteiger partial charge in [0.15, 0.2) is 0 Å². The SMILES string of the molecule is CC(C)(C)OC(=O)N1CC(CCC(=O)NC(C)(C)C2CC2)C1. The molecule has 1 N–H and O–H groups in total. The van der Waals surface area contributed by atoms with E-state index < -0.39 is 5.60 Å². The first kappa shape index (κ1) is 17.1. The highest BCUT2D eigenvalue weighted by molar-refractivity contribution is 5.77. The van der Waals surface area contributed by atoms with Crippen molar-refractivity contribution in [2.75, 3.05) is 13.1 Å². The summed E-state index contributed by atoms with van der Waals surface area (Å²) < 4.78 is 5.32. The lowest BCUT2D eigenvalue weighted by molar-refractivity contribution is -0.123. The van der Waals surface area contributed by atoms with Gasteiger partial charge in [0.1, 0.15) is 5.60 Å². The molecule has 2 amide bonds. The van der Waals surface area contributed by atoms with Crippen LogP contribution in [0.25, 0.3) is 0 Å². The lowest BCUT2D eigenvalue weighted by Gasteiger charge is -2.40. The molecule has 0 aromatic rings. The Morgan fingerprint density at radius 2 is 1.73 bits per heavy atom. The number of carbonyl (C=O) groups is 2. The van der Waals surface area contributed by atoms with Crippen molar-refractivity contribution in [1.82, 2.24) is 10.2 Å². The smallest absolute Gasteiger partial charge is 0.410 e.